The fourth-order valence-electron chi connectivity index (χ4n) is 2.27. The van der Waals surface area contributed by atoms with Gasteiger partial charge in [0.25, 0.3) is 0 Å². The van der Waals surface area contributed by atoms with Crippen molar-refractivity contribution < 1.29 is 9.59 Å². The van der Waals surface area contributed by atoms with Crippen molar-refractivity contribution in [1.82, 2.24) is 5.32 Å². The fraction of sp³-hybridized carbons (Fsp3) is 0.333. The smallest absolute Gasteiger partial charge is 0.239 e. The molecule has 1 atom stereocenters. The number of benzene rings is 1. The van der Waals surface area contributed by atoms with Crippen LogP contribution >= 0.6 is 11.6 Å². The van der Waals surface area contributed by atoms with E-state index in [9.17, 15) is 9.59 Å². The van der Waals surface area contributed by atoms with E-state index in [1.807, 2.05) is 13.0 Å². The number of nitrogens with one attached hydrogen (secondary N) is 1. The number of aryl methyl sites for hydroxylation is 1. The lowest BCUT2D eigenvalue weighted by molar-refractivity contribution is -0.131. The van der Waals surface area contributed by atoms with Crippen LogP contribution in [-0.2, 0) is 9.59 Å². The summed E-state index contributed by atoms with van der Waals surface area (Å²) >= 11 is 5.98. The van der Waals surface area contributed by atoms with E-state index in [2.05, 4.69) is 11.9 Å². The molecule has 1 fully saturated rings. The molecule has 2 rings (SSSR count). The van der Waals surface area contributed by atoms with Crippen LogP contribution in [0.3, 0.4) is 0 Å². The molecule has 0 aromatic heterocycles. The molecule has 1 aromatic carbocycles. The van der Waals surface area contributed by atoms with E-state index in [0.29, 0.717) is 24.5 Å². The molecule has 0 radical (unpaired) electrons. The van der Waals surface area contributed by atoms with Crippen LogP contribution in [0, 0.1) is 12.8 Å². The molecule has 0 bridgehead atoms. The van der Waals surface area contributed by atoms with E-state index in [4.69, 9.17) is 11.6 Å². The molecule has 1 heterocycles. The Labute approximate surface area is 123 Å². The Bertz CT molecular complexity index is 557. The van der Waals surface area contributed by atoms with Gasteiger partial charge in [0.2, 0.25) is 11.8 Å². The Balaban J connectivity index is 2.12. The quantitative estimate of drug-likeness (QED) is 0.684. The summed E-state index contributed by atoms with van der Waals surface area (Å²) < 4.78 is 0. The SMILES string of the molecule is C=CCNC(=O)C1CCN(c2ccc(Cl)c(C)c2)C1=O. The van der Waals surface area contributed by atoms with E-state index < -0.39 is 5.92 Å². The van der Waals surface area contributed by atoms with Gasteiger partial charge in [0.1, 0.15) is 5.92 Å². The van der Waals surface area contributed by atoms with Gasteiger partial charge in [0, 0.05) is 23.8 Å². The number of carbonyl (C=O) groups is 2. The highest BCUT2D eigenvalue weighted by Gasteiger charge is 2.37. The van der Waals surface area contributed by atoms with Crippen LogP contribution < -0.4 is 10.2 Å². The molecule has 0 aliphatic carbocycles. The van der Waals surface area contributed by atoms with E-state index in [1.165, 1.54) is 0 Å². The second-order valence-corrected chi connectivity index (χ2v) is 5.21. The third-order valence-electron chi connectivity index (χ3n) is 3.40. The number of hydrogen-bond donors (Lipinski definition) is 1. The maximum atomic E-state index is 12.3. The Hall–Kier alpha value is -1.81. The number of nitrogens with zero attached hydrogens (tertiary/aromatic N) is 1. The van der Waals surface area contributed by atoms with Crippen LogP contribution in [0.2, 0.25) is 5.02 Å². The minimum absolute atomic E-state index is 0.159. The zero-order valence-electron chi connectivity index (χ0n) is 11.4. The number of carbonyl (C=O) groups excluding carboxylic acids is 2. The van der Waals surface area contributed by atoms with Gasteiger partial charge in [0.05, 0.1) is 0 Å². The number of rotatable bonds is 4. The van der Waals surface area contributed by atoms with Gasteiger partial charge in [-0.3, -0.25) is 9.59 Å². The van der Waals surface area contributed by atoms with Crippen LogP contribution in [0.4, 0.5) is 5.69 Å². The van der Waals surface area contributed by atoms with Crippen LogP contribution in [0.25, 0.3) is 0 Å². The third kappa shape index (κ3) is 2.85. The van der Waals surface area contributed by atoms with Gasteiger partial charge in [-0.05, 0) is 37.1 Å². The van der Waals surface area contributed by atoms with Crippen LogP contribution in [0.15, 0.2) is 30.9 Å². The molecular weight excluding hydrogens is 276 g/mol. The maximum absolute atomic E-state index is 12.3. The van der Waals surface area contributed by atoms with Gasteiger partial charge in [-0.2, -0.15) is 0 Å². The first-order valence-corrected chi connectivity index (χ1v) is 6.88. The third-order valence-corrected chi connectivity index (χ3v) is 3.82. The van der Waals surface area contributed by atoms with Gasteiger partial charge >= 0.3 is 0 Å². The summed E-state index contributed by atoms with van der Waals surface area (Å²) in [4.78, 5) is 25.8. The highest BCUT2D eigenvalue weighted by atomic mass is 35.5. The lowest BCUT2D eigenvalue weighted by Gasteiger charge is -2.17. The Morgan fingerprint density at radius 1 is 1.60 bits per heavy atom. The Morgan fingerprint density at radius 3 is 3.00 bits per heavy atom. The normalized spacial score (nSPS) is 18.2. The molecular formula is C15H17ClN2O2. The Kier molecular flexibility index (Phi) is 4.45. The molecule has 5 heteroatoms. The molecule has 1 aromatic rings. The summed E-state index contributed by atoms with van der Waals surface area (Å²) in [5, 5.41) is 3.34. The fourth-order valence-corrected chi connectivity index (χ4v) is 2.39. The first-order chi connectivity index (χ1) is 9.54. The van der Waals surface area contributed by atoms with Crippen molar-refractivity contribution >= 4 is 29.1 Å². The average Bonchev–Trinajstić information content (AvgIpc) is 2.81. The minimum Gasteiger partial charge on any atom is -0.352 e. The molecule has 0 spiro atoms. The molecule has 0 saturated carbocycles. The van der Waals surface area contributed by atoms with E-state index in [0.717, 1.165) is 11.3 Å². The van der Waals surface area contributed by atoms with Crippen molar-refractivity contribution in [1.29, 1.82) is 0 Å². The summed E-state index contributed by atoms with van der Waals surface area (Å²) in [5.41, 5.74) is 1.70. The zero-order chi connectivity index (χ0) is 14.7. The van der Waals surface area contributed by atoms with Crippen molar-refractivity contribution in [3.05, 3.63) is 41.4 Å². The summed E-state index contributed by atoms with van der Waals surface area (Å²) in [6.07, 6.45) is 2.13. The first kappa shape index (κ1) is 14.6. The average molecular weight is 293 g/mol. The van der Waals surface area contributed by atoms with Crippen molar-refractivity contribution in [2.75, 3.05) is 18.0 Å². The summed E-state index contributed by atoms with van der Waals surface area (Å²) in [7, 11) is 0. The first-order valence-electron chi connectivity index (χ1n) is 6.50. The van der Waals surface area contributed by atoms with Crippen LogP contribution in [0.1, 0.15) is 12.0 Å². The molecule has 106 valence electrons. The predicted octanol–water partition coefficient (Wildman–Crippen LogP) is 2.30. The Morgan fingerprint density at radius 2 is 2.35 bits per heavy atom. The second-order valence-electron chi connectivity index (χ2n) is 4.80. The zero-order valence-corrected chi connectivity index (χ0v) is 12.1. The highest BCUT2D eigenvalue weighted by Crippen LogP contribution is 2.28. The van der Waals surface area contributed by atoms with Gasteiger partial charge < -0.3 is 10.2 Å². The van der Waals surface area contributed by atoms with Gasteiger partial charge in [-0.15, -0.1) is 6.58 Å². The topological polar surface area (TPSA) is 49.4 Å². The second kappa shape index (κ2) is 6.09. The molecule has 1 aliphatic heterocycles. The number of halogens is 1. The van der Waals surface area contributed by atoms with E-state index in [1.54, 1.807) is 23.1 Å². The number of amides is 2. The molecule has 1 aliphatic rings. The lowest BCUT2D eigenvalue weighted by atomic mass is 10.1. The maximum Gasteiger partial charge on any atom is 0.239 e. The molecule has 4 nitrogen and oxygen atoms in total. The van der Waals surface area contributed by atoms with Gasteiger partial charge in [-0.25, -0.2) is 0 Å². The van der Waals surface area contributed by atoms with Gasteiger partial charge in [0.15, 0.2) is 0 Å². The van der Waals surface area contributed by atoms with Crippen LogP contribution in [-0.4, -0.2) is 24.9 Å². The monoisotopic (exact) mass is 292 g/mol. The largest absolute Gasteiger partial charge is 0.352 e. The van der Waals surface area contributed by atoms with Crippen molar-refractivity contribution in [2.45, 2.75) is 13.3 Å². The van der Waals surface area contributed by atoms with Gasteiger partial charge in [-0.1, -0.05) is 17.7 Å². The molecule has 20 heavy (non-hydrogen) atoms. The minimum atomic E-state index is -0.606. The highest BCUT2D eigenvalue weighted by molar-refractivity contribution is 6.31. The summed E-state index contributed by atoms with van der Waals surface area (Å²) in [6, 6.07) is 5.44. The summed E-state index contributed by atoms with van der Waals surface area (Å²) in [6.45, 7) is 6.35. The van der Waals surface area contributed by atoms with E-state index >= 15 is 0 Å². The van der Waals surface area contributed by atoms with E-state index in [-0.39, 0.29) is 11.8 Å². The lowest BCUT2D eigenvalue weighted by Crippen LogP contribution is -2.36. The number of hydrogen-bond acceptors (Lipinski definition) is 2. The molecule has 1 saturated heterocycles. The molecule has 2 amide bonds. The summed E-state index contributed by atoms with van der Waals surface area (Å²) in [5.74, 6) is -0.998. The van der Waals surface area contributed by atoms with Crippen LogP contribution in [0.5, 0.6) is 0 Å². The standard InChI is InChI=1S/C15H17ClN2O2/c1-3-7-17-14(19)12-6-8-18(15(12)20)11-4-5-13(16)10(2)9-11/h3-5,9,12H,1,6-8H2,2H3,(H,17,19). The molecule has 1 unspecified atom stereocenters. The van der Waals surface area contributed by atoms with Crippen molar-refractivity contribution in [3.8, 4) is 0 Å². The molecule has 1 N–H and O–H groups in total. The van der Waals surface area contributed by atoms with Crippen molar-refractivity contribution in [2.24, 2.45) is 5.92 Å². The predicted molar refractivity (Wildman–Crippen MR) is 79.9 cm³/mol. The number of anilines is 1. The van der Waals surface area contributed by atoms with Crippen molar-refractivity contribution in [3.63, 3.8) is 0 Å².